The number of fused-ring (bicyclic) bond motifs is 3. The van der Waals surface area contributed by atoms with Crippen molar-refractivity contribution in [2.75, 3.05) is 26.2 Å². The Kier molecular flexibility index (Phi) is 6.45. The van der Waals surface area contributed by atoms with Crippen LogP contribution in [0.3, 0.4) is 0 Å². The molecule has 33 heavy (non-hydrogen) atoms. The highest BCUT2D eigenvalue weighted by Crippen LogP contribution is 2.42. The molecule has 0 radical (unpaired) electrons. The van der Waals surface area contributed by atoms with E-state index < -0.39 is 17.2 Å². The summed E-state index contributed by atoms with van der Waals surface area (Å²) in [5.74, 6) is -0.631. The van der Waals surface area contributed by atoms with E-state index >= 15 is 0 Å². The first kappa shape index (κ1) is 22.8. The lowest BCUT2D eigenvalue weighted by atomic mass is 9.80. The number of ether oxygens (including phenoxy) is 1. The van der Waals surface area contributed by atoms with Crippen molar-refractivity contribution >= 4 is 28.6 Å². The Balaban J connectivity index is 1.20. The molecule has 0 spiro atoms. The SMILES string of the molecule is O=C(OC12CC[N+](CCCCc3ccccc3)(CC1)CC2)C([O-])(c1ccsc1)c1cccs1. The molecule has 0 N–H and O–H groups in total. The van der Waals surface area contributed by atoms with Gasteiger partial charge in [-0.05, 0) is 58.7 Å². The molecule has 3 aromatic rings. The van der Waals surface area contributed by atoms with E-state index in [2.05, 4.69) is 30.3 Å². The van der Waals surface area contributed by atoms with Crippen molar-refractivity contribution in [3.8, 4) is 0 Å². The molecule has 1 unspecified atom stereocenters. The van der Waals surface area contributed by atoms with Gasteiger partial charge in [-0.1, -0.05) is 36.4 Å². The molecule has 0 saturated carbocycles. The zero-order chi connectivity index (χ0) is 22.8. The van der Waals surface area contributed by atoms with Crippen molar-refractivity contribution < 1.29 is 19.1 Å². The second kappa shape index (κ2) is 9.34. The lowest BCUT2D eigenvalue weighted by molar-refractivity contribution is -0.945. The second-order valence-electron chi connectivity index (χ2n) is 9.67. The van der Waals surface area contributed by atoms with Gasteiger partial charge in [-0.25, -0.2) is 0 Å². The van der Waals surface area contributed by atoms with Crippen LogP contribution in [0.4, 0.5) is 0 Å². The predicted octanol–water partition coefficient (Wildman–Crippen LogP) is 4.73. The van der Waals surface area contributed by atoms with E-state index in [1.54, 1.807) is 17.5 Å². The van der Waals surface area contributed by atoms with Gasteiger partial charge in [0.2, 0.25) is 0 Å². The quantitative estimate of drug-likeness (QED) is 0.252. The summed E-state index contributed by atoms with van der Waals surface area (Å²) in [6.07, 6.45) is 6.16. The monoisotopic (exact) mass is 481 g/mol. The van der Waals surface area contributed by atoms with Crippen molar-refractivity contribution in [1.82, 2.24) is 0 Å². The summed E-state index contributed by atoms with van der Waals surface area (Å²) >= 11 is 2.77. The Morgan fingerprint density at radius 3 is 2.39 bits per heavy atom. The Hall–Kier alpha value is -1.99. The van der Waals surface area contributed by atoms with Gasteiger partial charge in [-0.15, -0.1) is 11.3 Å². The number of rotatable bonds is 9. The third-order valence-corrected chi connectivity index (χ3v) is 9.36. The van der Waals surface area contributed by atoms with Gasteiger partial charge in [0.25, 0.3) is 0 Å². The van der Waals surface area contributed by atoms with Crippen LogP contribution in [0.15, 0.2) is 64.7 Å². The number of esters is 1. The number of unbranched alkanes of at least 4 members (excludes halogenated alkanes) is 1. The number of benzene rings is 1. The van der Waals surface area contributed by atoms with E-state index in [0.29, 0.717) is 10.4 Å². The lowest BCUT2D eigenvalue weighted by Crippen LogP contribution is -2.66. The van der Waals surface area contributed by atoms with Crippen molar-refractivity contribution in [1.29, 1.82) is 0 Å². The van der Waals surface area contributed by atoms with Crippen molar-refractivity contribution in [2.24, 2.45) is 0 Å². The molecule has 3 aliphatic rings. The van der Waals surface area contributed by atoms with Crippen LogP contribution < -0.4 is 5.11 Å². The number of thiophene rings is 2. The number of carbonyl (C=O) groups excluding carboxylic acids is 1. The number of carbonyl (C=O) groups is 1. The first-order chi connectivity index (χ1) is 16.0. The molecule has 5 heterocycles. The largest absolute Gasteiger partial charge is 0.834 e. The fourth-order valence-corrected chi connectivity index (χ4v) is 7.04. The zero-order valence-electron chi connectivity index (χ0n) is 18.9. The van der Waals surface area contributed by atoms with Gasteiger partial charge in [-0.3, -0.25) is 4.79 Å². The maximum absolute atomic E-state index is 14.0. The van der Waals surface area contributed by atoms with Crippen LogP contribution in [-0.2, 0) is 21.6 Å². The lowest BCUT2D eigenvalue weighted by Gasteiger charge is -2.55. The fraction of sp³-hybridized carbons (Fsp3) is 0.444. The number of hydrogen-bond acceptors (Lipinski definition) is 5. The summed E-state index contributed by atoms with van der Waals surface area (Å²) in [5.41, 5.74) is -0.532. The minimum Gasteiger partial charge on any atom is -0.834 e. The number of quaternary nitrogens is 1. The summed E-state index contributed by atoms with van der Waals surface area (Å²) in [7, 11) is 0. The van der Waals surface area contributed by atoms with Gasteiger partial charge >= 0.3 is 5.97 Å². The van der Waals surface area contributed by atoms with Crippen molar-refractivity contribution in [3.05, 3.63) is 80.7 Å². The average Bonchev–Trinajstić information content (AvgIpc) is 3.59. The predicted molar refractivity (Wildman–Crippen MR) is 131 cm³/mol. The Morgan fingerprint density at radius 2 is 1.76 bits per heavy atom. The normalized spacial score (nSPS) is 26.1. The summed E-state index contributed by atoms with van der Waals surface area (Å²) in [6.45, 7) is 4.33. The molecule has 6 rings (SSSR count). The maximum Gasteiger partial charge on any atom is 0.305 e. The third-order valence-electron chi connectivity index (χ3n) is 7.71. The van der Waals surface area contributed by atoms with Crippen molar-refractivity contribution in [3.63, 3.8) is 0 Å². The smallest absolute Gasteiger partial charge is 0.305 e. The van der Waals surface area contributed by atoms with E-state index in [-0.39, 0.29) is 0 Å². The van der Waals surface area contributed by atoms with Crippen LogP contribution in [0.5, 0.6) is 0 Å². The van der Waals surface area contributed by atoms with E-state index in [4.69, 9.17) is 4.74 Å². The first-order valence-corrected chi connectivity index (χ1v) is 13.8. The van der Waals surface area contributed by atoms with Gasteiger partial charge in [0.1, 0.15) is 5.60 Å². The minimum absolute atomic E-state index is 0.468. The second-order valence-corrected chi connectivity index (χ2v) is 11.4. The van der Waals surface area contributed by atoms with Gasteiger partial charge in [0.15, 0.2) is 0 Å². The fourth-order valence-electron chi connectivity index (χ4n) is 5.52. The van der Waals surface area contributed by atoms with Gasteiger partial charge < -0.3 is 14.3 Å². The molecule has 3 saturated heterocycles. The summed E-state index contributed by atoms with van der Waals surface area (Å²) < 4.78 is 7.30. The summed E-state index contributed by atoms with van der Waals surface area (Å²) in [4.78, 5) is 13.9. The van der Waals surface area contributed by atoms with E-state index in [9.17, 15) is 9.90 Å². The van der Waals surface area contributed by atoms with Crippen LogP contribution in [-0.4, -0.2) is 42.2 Å². The van der Waals surface area contributed by atoms with Gasteiger partial charge in [0, 0.05) is 24.1 Å². The molecule has 0 amide bonds. The van der Waals surface area contributed by atoms with Crippen LogP contribution in [0, 0.1) is 0 Å². The highest BCUT2D eigenvalue weighted by atomic mass is 32.1. The molecule has 1 atom stereocenters. The van der Waals surface area contributed by atoms with Crippen LogP contribution in [0.1, 0.15) is 48.1 Å². The maximum atomic E-state index is 14.0. The van der Waals surface area contributed by atoms with Gasteiger partial charge in [-0.2, -0.15) is 11.3 Å². The average molecular weight is 482 g/mol. The molecule has 0 aliphatic carbocycles. The number of nitrogens with zero attached hydrogens (tertiary/aromatic N) is 1. The number of hydrogen-bond donors (Lipinski definition) is 0. The Morgan fingerprint density at radius 1 is 1.00 bits per heavy atom. The van der Waals surface area contributed by atoms with E-state index in [1.165, 1.54) is 47.6 Å². The summed E-state index contributed by atoms with van der Waals surface area (Å²) in [6, 6.07) is 16.1. The Bertz CT molecular complexity index is 988. The van der Waals surface area contributed by atoms with Crippen LogP contribution >= 0.6 is 22.7 Å². The molecule has 3 fully saturated rings. The molecule has 2 aromatic heterocycles. The molecule has 3 aliphatic heterocycles. The molecular formula is C27H31NO3S2. The zero-order valence-corrected chi connectivity index (χ0v) is 20.5. The Labute approximate surface area is 204 Å². The van der Waals surface area contributed by atoms with Crippen LogP contribution in [0.25, 0.3) is 0 Å². The highest BCUT2D eigenvalue weighted by Gasteiger charge is 2.52. The molecule has 174 valence electrons. The van der Waals surface area contributed by atoms with Crippen LogP contribution in [0.2, 0.25) is 0 Å². The molecule has 1 aromatic carbocycles. The van der Waals surface area contributed by atoms with E-state index in [0.717, 1.165) is 49.8 Å². The highest BCUT2D eigenvalue weighted by molar-refractivity contribution is 7.10. The minimum atomic E-state index is -1.97. The number of piperidine rings is 3. The molecule has 4 nitrogen and oxygen atoms in total. The van der Waals surface area contributed by atoms with Crippen molar-refractivity contribution in [2.45, 2.75) is 49.7 Å². The summed E-state index contributed by atoms with van der Waals surface area (Å²) in [5, 5.41) is 19.5. The molecule has 6 heteroatoms. The number of aryl methyl sites for hydroxylation is 1. The van der Waals surface area contributed by atoms with E-state index in [1.807, 2.05) is 16.8 Å². The molecule has 2 bridgehead atoms. The topological polar surface area (TPSA) is 49.4 Å². The third kappa shape index (κ3) is 4.54. The first-order valence-electron chi connectivity index (χ1n) is 11.9. The molecular weight excluding hydrogens is 450 g/mol. The standard InChI is InChI=1S/C27H31NO3S2/c29-25(27(30,23-11-20-32-21-23)24-10-6-19-33-24)31-26-12-16-28(17-13-26,18-14-26)15-5-4-9-22-7-2-1-3-8-22/h1-3,6-8,10-11,19-21H,4-5,9,12-18H2. The van der Waals surface area contributed by atoms with Gasteiger partial charge in [0.05, 0.1) is 31.8 Å².